The van der Waals surface area contributed by atoms with Gasteiger partial charge in [-0.1, -0.05) is 30.3 Å². The van der Waals surface area contributed by atoms with Gasteiger partial charge in [0.15, 0.2) is 0 Å². The maximum Gasteiger partial charge on any atom is 0.255 e. The van der Waals surface area contributed by atoms with Crippen molar-refractivity contribution in [3.63, 3.8) is 0 Å². The van der Waals surface area contributed by atoms with E-state index in [4.69, 9.17) is 18.9 Å². The van der Waals surface area contributed by atoms with Crippen LogP contribution in [0.4, 0.5) is 5.69 Å². The molecular weight excluding hydrogens is 418 g/mol. The zero-order valence-corrected chi connectivity index (χ0v) is 18.8. The van der Waals surface area contributed by atoms with Gasteiger partial charge in [0.25, 0.3) is 5.91 Å². The molecule has 1 N–H and O–H groups in total. The number of hydrogen-bond acceptors (Lipinski definition) is 5. The van der Waals surface area contributed by atoms with Gasteiger partial charge in [-0.2, -0.15) is 0 Å². The molecule has 0 fully saturated rings. The Hall–Kier alpha value is -4.19. The Bertz CT molecular complexity index is 1280. The van der Waals surface area contributed by atoms with Crippen LogP contribution in [0.15, 0.2) is 78.9 Å². The van der Waals surface area contributed by atoms with Crippen molar-refractivity contribution < 1.29 is 23.7 Å². The lowest BCUT2D eigenvalue weighted by Crippen LogP contribution is -2.13. The van der Waals surface area contributed by atoms with E-state index in [1.807, 2.05) is 36.4 Å². The molecule has 0 aliphatic rings. The molecule has 0 aliphatic heterocycles. The molecule has 33 heavy (non-hydrogen) atoms. The largest absolute Gasteiger partial charge is 0.497 e. The molecule has 0 spiro atoms. The van der Waals surface area contributed by atoms with Crippen molar-refractivity contribution in [2.24, 2.45) is 0 Å². The van der Waals surface area contributed by atoms with E-state index in [0.29, 0.717) is 28.5 Å². The summed E-state index contributed by atoms with van der Waals surface area (Å²) in [7, 11) is 4.71. The fraction of sp³-hybridized carbons (Fsp3) is 0.148. The number of methoxy groups -OCH3 is 3. The minimum Gasteiger partial charge on any atom is -0.497 e. The number of fused-ring (bicyclic) bond motifs is 1. The third-order valence-corrected chi connectivity index (χ3v) is 5.31. The van der Waals surface area contributed by atoms with Crippen LogP contribution in [0.25, 0.3) is 10.8 Å². The molecule has 1 amide bonds. The van der Waals surface area contributed by atoms with Crippen LogP contribution in [0.3, 0.4) is 0 Å². The van der Waals surface area contributed by atoms with Gasteiger partial charge in [0.1, 0.15) is 29.6 Å². The minimum atomic E-state index is -0.270. The van der Waals surface area contributed by atoms with Gasteiger partial charge in [-0.25, -0.2) is 0 Å². The number of hydrogen-bond donors (Lipinski definition) is 1. The molecule has 0 saturated heterocycles. The Balaban J connectivity index is 1.52. The zero-order chi connectivity index (χ0) is 23.2. The molecular formula is C27H25NO5. The van der Waals surface area contributed by atoms with E-state index in [1.54, 1.807) is 57.7 Å². The first-order valence-electron chi connectivity index (χ1n) is 10.4. The Labute approximate surface area is 192 Å². The van der Waals surface area contributed by atoms with Gasteiger partial charge in [0.05, 0.1) is 27.0 Å². The highest BCUT2D eigenvalue weighted by molar-refractivity contribution is 6.05. The van der Waals surface area contributed by atoms with Crippen LogP contribution in [-0.4, -0.2) is 27.2 Å². The van der Waals surface area contributed by atoms with Crippen LogP contribution < -0.4 is 24.3 Å². The average Bonchev–Trinajstić information content (AvgIpc) is 2.87. The van der Waals surface area contributed by atoms with Crippen LogP contribution in [0.2, 0.25) is 0 Å². The lowest BCUT2D eigenvalue weighted by atomic mass is 10.1. The minimum absolute atomic E-state index is 0.258. The first-order valence-corrected chi connectivity index (χ1v) is 10.4. The average molecular weight is 443 g/mol. The number of carbonyl (C=O) groups excluding carboxylic acids is 1. The fourth-order valence-corrected chi connectivity index (χ4v) is 3.55. The summed E-state index contributed by atoms with van der Waals surface area (Å²) in [5.41, 5.74) is 1.79. The Morgan fingerprint density at radius 3 is 2.24 bits per heavy atom. The Morgan fingerprint density at radius 1 is 0.727 bits per heavy atom. The molecule has 6 heteroatoms. The van der Waals surface area contributed by atoms with E-state index in [9.17, 15) is 4.79 Å². The van der Waals surface area contributed by atoms with Gasteiger partial charge in [-0.15, -0.1) is 0 Å². The van der Waals surface area contributed by atoms with Crippen LogP contribution in [0.1, 0.15) is 15.9 Å². The first-order chi connectivity index (χ1) is 16.1. The lowest BCUT2D eigenvalue weighted by molar-refractivity contribution is 0.102. The van der Waals surface area contributed by atoms with Gasteiger partial charge in [0, 0.05) is 17.2 Å². The van der Waals surface area contributed by atoms with Crippen molar-refractivity contribution in [3.05, 3.63) is 90.0 Å². The standard InChI is InChI=1S/C27H25NO5/c1-30-22-11-12-24(26(16-22)32-3)28-27(29)20-9-13-25(31-2)21(14-20)17-33-23-10-8-18-6-4-5-7-19(18)15-23/h4-16H,17H2,1-3H3,(H,28,29). The highest BCUT2D eigenvalue weighted by atomic mass is 16.5. The van der Waals surface area contributed by atoms with Crippen molar-refractivity contribution in [3.8, 4) is 23.0 Å². The van der Waals surface area contributed by atoms with E-state index in [0.717, 1.165) is 22.1 Å². The number of rotatable bonds is 8. The quantitative estimate of drug-likeness (QED) is 0.379. The number of benzene rings is 4. The summed E-state index contributed by atoms with van der Waals surface area (Å²) in [5, 5.41) is 5.14. The third kappa shape index (κ3) is 5.01. The van der Waals surface area contributed by atoms with Crippen LogP contribution in [-0.2, 0) is 6.61 Å². The third-order valence-electron chi connectivity index (χ3n) is 5.31. The molecule has 6 nitrogen and oxygen atoms in total. The first kappa shape index (κ1) is 22.0. The van der Waals surface area contributed by atoms with Crippen LogP contribution in [0, 0.1) is 0 Å². The highest BCUT2D eigenvalue weighted by Crippen LogP contribution is 2.30. The number of anilines is 1. The van der Waals surface area contributed by atoms with E-state index in [2.05, 4.69) is 11.4 Å². The van der Waals surface area contributed by atoms with Crippen LogP contribution in [0.5, 0.6) is 23.0 Å². The van der Waals surface area contributed by atoms with E-state index < -0.39 is 0 Å². The summed E-state index contributed by atoms with van der Waals surface area (Å²) in [6.07, 6.45) is 0. The van der Waals surface area contributed by atoms with Gasteiger partial charge in [-0.3, -0.25) is 4.79 Å². The zero-order valence-electron chi connectivity index (χ0n) is 18.8. The molecule has 0 atom stereocenters. The maximum absolute atomic E-state index is 12.9. The highest BCUT2D eigenvalue weighted by Gasteiger charge is 2.14. The lowest BCUT2D eigenvalue weighted by Gasteiger charge is -2.14. The summed E-state index contributed by atoms with van der Waals surface area (Å²) in [4.78, 5) is 12.9. The fourth-order valence-electron chi connectivity index (χ4n) is 3.55. The molecule has 0 saturated carbocycles. The monoisotopic (exact) mass is 443 g/mol. The van der Waals surface area contributed by atoms with Crippen molar-refractivity contribution in [1.82, 2.24) is 0 Å². The molecule has 4 rings (SSSR count). The van der Waals surface area contributed by atoms with Crippen LogP contribution >= 0.6 is 0 Å². The maximum atomic E-state index is 12.9. The molecule has 0 aliphatic carbocycles. The van der Waals surface area contributed by atoms with Crippen molar-refractivity contribution in [1.29, 1.82) is 0 Å². The molecule has 0 heterocycles. The number of amides is 1. The van der Waals surface area contributed by atoms with Crippen molar-refractivity contribution in [2.75, 3.05) is 26.6 Å². The van der Waals surface area contributed by atoms with Gasteiger partial charge < -0.3 is 24.3 Å². The molecule has 4 aromatic rings. The second-order valence-corrected chi connectivity index (χ2v) is 7.34. The van der Waals surface area contributed by atoms with Crippen molar-refractivity contribution >= 4 is 22.4 Å². The second-order valence-electron chi connectivity index (χ2n) is 7.34. The number of carbonyl (C=O) groups is 1. The Kier molecular flexibility index (Phi) is 6.64. The summed E-state index contributed by atoms with van der Waals surface area (Å²) >= 11 is 0. The summed E-state index contributed by atoms with van der Waals surface area (Å²) in [6.45, 7) is 0.258. The molecule has 0 unspecified atom stereocenters. The summed E-state index contributed by atoms with van der Waals surface area (Å²) in [6, 6.07) is 24.5. The summed E-state index contributed by atoms with van der Waals surface area (Å²) < 4.78 is 22.1. The molecule has 168 valence electrons. The van der Waals surface area contributed by atoms with Gasteiger partial charge in [0.2, 0.25) is 0 Å². The SMILES string of the molecule is COc1ccc(NC(=O)c2ccc(OC)c(COc3ccc4ccccc4c3)c2)c(OC)c1. The molecule has 0 bridgehead atoms. The second kappa shape index (κ2) is 9.96. The predicted molar refractivity (Wildman–Crippen MR) is 129 cm³/mol. The van der Waals surface area contributed by atoms with E-state index >= 15 is 0 Å². The normalized spacial score (nSPS) is 10.5. The smallest absolute Gasteiger partial charge is 0.255 e. The Morgan fingerprint density at radius 2 is 1.48 bits per heavy atom. The number of nitrogens with one attached hydrogen (secondary N) is 1. The van der Waals surface area contributed by atoms with Gasteiger partial charge >= 0.3 is 0 Å². The van der Waals surface area contributed by atoms with E-state index in [1.165, 1.54) is 0 Å². The molecule has 0 radical (unpaired) electrons. The van der Waals surface area contributed by atoms with E-state index in [-0.39, 0.29) is 12.5 Å². The van der Waals surface area contributed by atoms with Gasteiger partial charge in [-0.05, 0) is 53.2 Å². The molecule has 4 aromatic carbocycles. The summed E-state index contributed by atoms with van der Waals surface area (Å²) in [5.74, 6) is 2.27. The number of ether oxygens (including phenoxy) is 4. The topological polar surface area (TPSA) is 66.0 Å². The van der Waals surface area contributed by atoms with Crippen molar-refractivity contribution in [2.45, 2.75) is 6.61 Å². The predicted octanol–water partition coefficient (Wildman–Crippen LogP) is 5.70. The molecule has 0 aromatic heterocycles.